The van der Waals surface area contributed by atoms with Crippen LogP contribution in [-0.4, -0.2) is 26.2 Å². The van der Waals surface area contributed by atoms with E-state index in [9.17, 15) is 0 Å². The summed E-state index contributed by atoms with van der Waals surface area (Å²) in [4.78, 5) is 2.38. The summed E-state index contributed by atoms with van der Waals surface area (Å²) in [6.45, 7) is 5.74. The van der Waals surface area contributed by atoms with Crippen molar-refractivity contribution >= 4 is 11.4 Å². The number of rotatable bonds is 4. The Morgan fingerprint density at radius 1 is 1.15 bits per heavy atom. The second-order valence-corrected chi connectivity index (χ2v) is 5.10. The molecule has 1 heterocycles. The Bertz CT molecular complexity index is 583. The summed E-state index contributed by atoms with van der Waals surface area (Å²) >= 11 is 0. The number of aryl methyl sites for hydroxylation is 1. The third kappa shape index (κ3) is 2.87. The van der Waals surface area contributed by atoms with Crippen LogP contribution < -0.4 is 15.0 Å². The first kappa shape index (κ1) is 12.9. The summed E-state index contributed by atoms with van der Waals surface area (Å²) in [5.41, 5.74) is 3.67. The molecule has 0 aromatic heterocycles. The van der Waals surface area contributed by atoms with E-state index in [0.29, 0.717) is 0 Å². The second kappa shape index (κ2) is 5.87. The van der Waals surface area contributed by atoms with Crippen LogP contribution in [0.25, 0.3) is 0 Å². The van der Waals surface area contributed by atoms with Gasteiger partial charge >= 0.3 is 0 Å². The van der Waals surface area contributed by atoms with Gasteiger partial charge in [0.1, 0.15) is 12.4 Å². The van der Waals surface area contributed by atoms with Gasteiger partial charge in [0.15, 0.2) is 0 Å². The highest BCUT2D eigenvalue weighted by Gasteiger charge is 2.16. The maximum Gasteiger partial charge on any atom is 0.142 e. The van der Waals surface area contributed by atoms with Crippen LogP contribution in [0.4, 0.5) is 11.4 Å². The normalized spacial score (nSPS) is 13.6. The second-order valence-electron chi connectivity index (χ2n) is 5.10. The van der Waals surface area contributed by atoms with Crippen molar-refractivity contribution in [3.63, 3.8) is 0 Å². The van der Waals surface area contributed by atoms with E-state index in [1.54, 1.807) is 0 Å². The summed E-state index contributed by atoms with van der Waals surface area (Å²) in [6.07, 6.45) is 0. The highest BCUT2D eigenvalue weighted by atomic mass is 16.5. The molecule has 0 spiro atoms. The van der Waals surface area contributed by atoms with E-state index in [4.69, 9.17) is 4.74 Å². The Hall–Kier alpha value is -2.16. The van der Waals surface area contributed by atoms with Gasteiger partial charge in [0.25, 0.3) is 0 Å². The molecule has 0 radical (unpaired) electrons. The fourth-order valence-corrected chi connectivity index (χ4v) is 2.55. The molecule has 1 aliphatic heterocycles. The minimum Gasteiger partial charge on any atom is -0.490 e. The van der Waals surface area contributed by atoms with Crippen LogP contribution in [0.1, 0.15) is 5.56 Å². The van der Waals surface area contributed by atoms with Crippen LogP contribution in [0, 0.1) is 6.92 Å². The van der Waals surface area contributed by atoms with Crippen molar-refractivity contribution in [3.05, 3.63) is 54.1 Å². The molecule has 3 nitrogen and oxygen atoms in total. The molecule has 0 bridgehead atoms. The van der Waals surface area contributed by atoms with E-state index >= 15 is 0 Å². The van der Waals surface area contributed by atoms with E-state index in [1.165, 1.54) is 16.9 Å². The molecule has 1 N–H and O–H groups in total. The third-order valence-electron chi connectivity index (χ3n) is 3.55. The van der Waals surface area contributed by atoms with Crippen LogP contribution in [0.3, 0.4) is 0 Å². The fraction of sp³-hybridized carbons (Fsp3) is 0.294. The zero-order chi connectivity index (χ0) is 13.8. The summed E-state index contributed by atoms with van der Waals surface area (Å²) in [6, 6.07) is 16.7. The Kier molecular flexibility index (Phi) is 3.77. The van der Waals surface area contributed by atoms with Gasteiger partial charge in [-0.25, -0.2) is 0 Å². The first-order chi connectivity index (χ1) is 9.83. The molecule has 3 rings (SSSR count). The summed E-state index contributed by atoms with van der Waals surface area (Å²) < 4.78 is 5.67. The summed E-state index contributed by atoms with van der Waals surface area (Å²) in [5, 5.41) is 3.48. The molecule has 0 unspecified atom stereocenters. The van der Waals surface area contributed by atoms with Crippen molar-refractivity contribution in [2.24, 2.45) is 0 Å². The topological polar surface area (TPSA) is 24.5 Å². The molecule has 0 aliphatic carbocycles. The van der Waals surface area contributed by atoms with Gasteiger partial charge in [-0.05, 0) is 36.8 Å². The van der Waals surface area contributed by atoms with E-state index in [2.05, 4.69) is 53.5 Å². The average molecular weight is 268 g/mol. The molecule has 104 valence electrons. The molecule has 0 atom stereocenters. The summed E-state index contributed by atoms with van der Waals surface area (Å²) in [5.74, 6) is 0.995. The molecular weight excluding hydrogens is 248 g/mol. The average Bonchev–Trinajstić information content (AvgIpc) is 2.48. The maximum atomic E-state index is 5.67. The Labute approximate surface area is 120 Å². The molecule has 2 aromatic rings. The fourth-order valence-electron chi connectivity index (χ4n) is 2.55. The molecule has 1 aliphatic rings. The minimum absolute atomic E-state index is 0.765. The first-order valence-electron chi connectivity index (χ1n) is 7.10. The Morgan fingerprint density at radius 3 is 2.95 bits per heavy atom. The number of nitrogens with one attached hydrogen (secondary N) is 1. The lowest BCUT2D eigenvalue weighted by atomic mass is 10.2. The highest BCUT2D eigenvalue weighted by Crippen LogP contribution is 2.30. The number of hydrogen-bond donors (Lipinski definition) is 1. The van der Waals surface area contributed by atoms with Gasteiger partial charge in [-0.15, -0.1) is 0 Å². The van der Waals surface area contributed by atoms with Gasteiger partial charge in [-0.2, -0.15) is 0 Å². The van der Waals surface area contributed by atoms with Crippen molar-refractivity contribution in [1.82, 2.24) is 0 Å². The van der Waals surface area contributed by atoms with Gasteiger partial charge in [-0.1, -0.05) is 24.3 Å². The molecule has 0 fully saturated rings. The number of hydrogen-bond acceptors (Lipinski definition) is 3. The third-order valence-corrected chi connectivity index (χ3v) is 3.55. The molecule has 3 heteroatoms. The Morgan fingerprint density at radius 2 is 2.05 bits per heavy atom. The van der Waals surface area contributed by atoms with E-state index in [1.807, 2.05) is 12.1 Å². The first-order valence-corrected chi connectivity index (χ1v) is 7.10. The summed E-state index contributed by atoms with van der Waals surface area (Å²) in [7, 11) is 0. The number of nitrogens with zero attached hydrogens (tertiary/aromatic N) is 1. The van der Waals surface area contributed by atoms with Gasteiger partial charge in [0.05, 0.1) is 12.2 Å². The quantitative estimate of drug-likeness (QED) is 0.920. The van der Waals surface area contributed by atoms with Gasteiger partial charge in [-0.3, -0.25) is 0 Å². The molecular formula is C17H20N2O. The SMILES string of the molecule is Cc1cccc(NCCN2CCOc3ccccc32)c1. The number of fused-ring (bicyclic) bond motifs is 1. The standard InChI is InChI=1S/C17H20N2O/c1-14-5-4-6-15(13-14)18-9-10-19-11-12-20-17-8-3-2-7-16(17)19/h2-8,13,18H,9-12H2,1H3. The van der Waals surface area contributed by atoms with Crippen molar-refractivity contribution < 1.29 is 4.74 Å². The van der Waals surface area contributed by atoms with Crippen molar-refractivity contribution in [1.29, 1.82) is 0 Å². The zero-order valence-electron chi connectivity index (χ0n) is 11.8. The molecule has 0 saturated heterocycles. The van der Waals surface area contributed by atoms with Gasteiger partial charge in [0, 0.05) is 18.8 Å². The number of anilines is 2. The van der Waals surface area contributed by atoms with E-state index < -0.39 is 0 Å². The van der Waals surface area contributed by atoms with Crippen molar-refractivity contribution in [2.75, 3.05) is 36.5 Å². The van der Waals surface area contributed by atoms with Gasteiger partial charge < -0.3 is 15.0 Å². The van der Waals surface area contributed by atoms with Crippen LogP contribution in [0.5, 0.6) is 5.75 Å². The minimum atomic E-state index is 0.765. The smallest absolute Gasteiger partial charge is 0.142 e. The van der Waals surface area contributed by atoms with Crippen LogP contribution >= 0.6 is 0 Å². The van der Waals surface area contributed by atoms with Crippen molar-refractivity contribution in [3.8, 4) is 5.75 Å². The zero-order valence-corrected chi connectivity index (χ0v) is 11.8. The molecule has 0 saturated carbocycles. The molecule has 20 heavy (non-hydrogen) atoms. The lowest BCUT2D eigenvalue weighted by molar-refractivity contribution is 0.308. The monoisotopic (exact) mass is 268 g/mol. The van der Waals surface area contributed by atoms with Crippen LogP contribution in [-0.2, 0) is 0 Å². The largest absolute Gasteiger partial charge is 0.490 e. The van der Waals surface area contributed by atoms with Crippen molar-refractivity contribution in [2.45, 2.75) is 6.92 Å². The van der Waals surface area contributed by atoms with Gasteiger partial charge in [0.2, 0.25) is 0 Å². The van der Waals surface area contributed by atoms with Crippen LogP contribution in [0.15, 0.2) is 48.5 Å². The lowest BCUT2D eigenvalue weighted by Gasteiger charge is -2.31. The maximum absolute atomic E-state index is 5.67. The number of ether oxygens (including phenoxy) is 1. The number of para-hydroxylation sites is 2. The van der Waals surface area contributed by atoms with E-state index in [0.717, 1.165) is 32.0 Å². The number of benzene rings is 2. The van der Waals surface area contributed by atoms with Crippen LogP contribution in [0.2, 0.25) is 0 Å². The lowest BCUT2D eigenvalue weighted by Crippen LogP contribution is -2.36. The van der Waals surface area contributed by atoms with E-state index in [-0.39, 0.29) is 0 Å². The Balaban J connectivity index is 1.60. The molecule has 0 amide bonds. The predicted molar refractivity (Wildman–Crippen MR) is 83.8 cm³/mol. The highest BCUT2D eigenvalue weighted by molar-refractivity contribution is 5.59. The predicted octanol–water partition coefficient (Wildman–Crippen LogP) is 3.31. The molecule has 2 aromatic carbocycles.